The Morgan fingerprint density at radius 2 is 2.25 bits per heavy atom. The summed E-state index contributed by atoms with van der Waals surface area (Å²) in [5.74, 6) is 0.730. The fraction of sp³-hybridized carbons (Fsp3) is 0.643. The van der Waals surface area contributed by atoms with E-state index in [9.17, 15) is 9.90 Å². The Hall–Kier alpha value is -1.69. The van der Waals surface area contributed by atoms with E-state index in [1.54, 1.807) is 4.90 Å². The van der Waals surface area contributed by atoms with Crippen LogP contribution in [0.3, 0.4) is 0 Å². The number of likely N-dealkylation sites (tertiary alicyclic amines) is 1. The number of carbonyl (C=O) groups excluding carboxylic acids is 1. The molecule has 1 aliphatic rings. The van der Waals surface area contributed by atoms with Gasteiger partial charge in [-0.15, -0.1) is 0 Å². The number of aliphatic hydroxyl groups is 1. The molecule has 1 fully saturated rings. The van der Waals surface area contributed by atoms with E-state index in [1.807, 2.05) is 20.8 Å². The Bertz CT molecular complexity index is 504. The number of piperidine rings is 1. The van der Waals surface area contributed by atoms with Crippen molar-refractivity contribution >= 4 is 11.6 Å². The van der Waals surface area contributed by atoms with Crippen LogP contribution in [0.2, 0.25) is 0 Å². The lowest BCUT2D eigenvalue weighted by atomic mass is 9.96. The minimum Gasteiger partial charge on any atom is -0.396 e. The third kappa shape index (κ3) is 2.90. The summed E-state index contributed by atoms with van der Waals surface area (Å²) in [7, 11) is 0. The number of nitrogen functional groups attached to an aromatic ring is 1. The Morgan fingerprint density at radius 3 is 2.85 bits per heavy atom. The van der Waals surface area contributed by atoms with Crippen molar-refractivity contribution in [3.05, 3.63) is 17.7 Å². The van der Waals surface area contributed by atoms with Crippen molar-refractivity contribution in [2.45, 2.75) is 39.2 Å². The molecule has 1 aliphatic heterocycles. The largest absolute Gasteiger partial charge is 0.396 e. The van der Waals surface area contributed by atoms with E-state index in [1.165, 1.54) is 6.20 Å². The molecule has 1 amide bonds. The van der Waals surface area contributed by atoms with E-state index in [-0.39, 0.29) is 29.1 Å². The topological polar surface area (TPSA) is 92.3 Å². The quantitative estimate of drug-likeness (QED) is 0.842. The first-order valence-corrected chi connectivity index (χ1v) is 7.00. The van der Waals surface area contributed by atoms with Gasteiger partial charge < -0.3 is 15.7 Å². The first kappa shape index (κ1) is 14.7. The highest BCUT2D eigenvalue weighted by atomic mass is 16.3. The molecule has 110 valence electrons. The van der Waals surface area contributed by atoms with Crippen molar-refractivity contribution in [3.63, 3.8) is 0 Å². The minimum atomic E-state index is -0.486. The molecular weight excluding hydrogens is 256 g/mol. The molecule has 0 saturated carbocycles. The second-order valence-electron chi connectivity index (χ2n) is 5.77. The van der Waals surface area contributed by atoms with Crippen molar-refractivity contribution in [1.29, 1.82) is 0 Å². The van der Waals surface area contributed by atoms with Crippen LogP contribution in [0.1, 0.15) is 49.4 Å². The number of aliphatic hydroxyl groups excluding tert-OH is 1. The molecule has 2 unspecified atom stereocenters. The van der Waals surface area contributed by atoms with Gasteiger partial charge in [0.1, 0.15) is 5.82 Å². The zero-order valence-corrected chi connectivity index (χ0v) is 12.2. The number of nitrogens with two attached hydrogens (primary N) is 1. The van der Waals surface area contributed by atoms with Crippen LogP contribution in [-0.4, -0.2) is 45.1 Å². The fourth-order valence-corrected chi connectivity index (χ4v) is 2.24. The molecule has 0 spiro atoms. The number of nitrogens with zero attached hydrogens (tertiary/aromatic N) is 3. The third-order valence-electron chi connectivity index (χ3n) is 3.76. The first-order valence-electron chi connectivity index (χ1n) is 7.00. The van der Waals surface area contributed by atoms with Crippen LogP contribution in [0, 0.1) is 5.92 Å². The predicted octanol–water partition coefficient (Wildman–Crippen LogP) is 1.03. The van der Waals surface area contributed by atoms with Gasteiger partial charge in [-0.2, -0.15) is 0 Å². The summed E-state index contributed by atoms with van der Waals surface area (Å²) in [6, 6.07) is 0. The fourth-order valence-electron chi connectivity index (χ4n) is 2.24. The SMILES string of the molecule is CC(C)c1ncc(N)c(C(=O)N2CCC(C)C(O)C2)n1. The number of β-amino-alcohol motifs (C(OH)–C–C–N with tert-alkyl or cyclic N) is 1. The summed E-state index contributed by atoms with van der Waals surface area (Å²) in [5, 5.41) is 9.90. The first-order chi connectivity index (χ1) is 9.40. The van der Waals surface area contributed by atoms with E-state index in [0.717, 1.165) is 6.42 Å². The van der Waals surface area contributed by atoms with Crippen LogP contribution in [-0.2, 0) is 0 Å². The van der Waals surface area contributed by atoms with Crippen molar-refractivity contribution < 1.29 is 9.90 Å². The number of aromatic nitrogens is 2. The van der Waals surface area contributed by atoms with Crippen LogP contribution in [0.15, 0.2) is 6.20 Å². The van der Waals surface area contributed by atoms with Crippen LogP contribution in [0.5, 0.6) is 0 Å². The zero-order valence-electron chi connectivity index (χ0n) is 12.2. The number of hydrogen-bond donors (Lipinski definition) is 2. The minimum absolute atomic E-state index is 0.133. The van der Waals surface area contributed by atoms with Gasteiger partial charge in [0.15, 0.2) is 5.69 Å². The molecule has 6 heteroatoms. The van der Waals surface area contributed by atoms with Gasteiger partial charge in [0.05, 0.1) is 18.0 Å². The van der Waals surface area contributed by atoms with Gasteiger partial charge in [-0.25, -0.2) is 9.97 Å². The van der Waals surface area contributed by atoms with Crippen molar-refractivity contribution in [2.24, 2.45) is 5.92 Å². The lowest BCUT2D eigenvalue weighted by Crippen LogP contribution is -2.46. The van der Waals surface area contributed by atoms with Crippen LogP contribution in [0.25, 0.3) is 0 Å². The molecule has 1 saturated heterocycles. The maximum atomic E-state index is 12.5. The second-order valence-corrected chi connectivity index (χ2v) is 5.77. The molecule has 6 nitrogen and oxygen atoms in total. The Balaban J connectivity index is 2.22. The van der Waals surface area contributed by atoms with Crippen molar-refractivity contribution in [2.75, 3.05) is 18.8 Å². The van der Waals surface area contributed by atoms with Gasteiger partial charge in [-0.1, -0.05) is 20.8 Å². The Kier molecular flexibility index (Phi) is 4.23. The summed E-state index contributed by atoms with van der Waals surface area (Å²) >= 11 is 0. The number of hydrogen-bond acceptors (Lipinski definition) is 5. The molecule has 0 aliphatic carbocycles. The van der Waals surface area contributed by atoms with E-state index in [2.05, 4.69) is 9.97 Å². The summed E-state index contributed by atoms with van der Waals surface area (Å²) < 4.78 is 0. The summed E-state index contributed by atoms with van der Waals surface area (Å²) in [6.07, 6.45) is 1.79. The van der Waals surface area contributed by atoms with Gasteiger partial charge in [0.2, 0.25) is 0 Å². The van der Waals surface area contributed by atoms with Gasteiger partial charge in [-0.3, -0.25) is 4.79 Å². The predicted molar refractivity (Wildman–Crippen MR) is 76.2 cm³/mol. The molecule has 0 radical (unpaired) electrons. The molecule has 2 heterocycles. The molecule has 3 N–H and O–H groups in total. The third-order valence-corrected chi connectivity index (χ3v) is 3.76. The molecular formula is C14H22N4O2. The Morgan fingerprint density at radius 1 is 1.55 bits per heavy atom. The zero-order chi connectivity index (χ0) is 14.9. The van der Waals surface area contributed by atoms with Crippen LogP contribution >= 0.6 is 0 Å². The highest BCUT2D eigenvalue weighted by Gasteiger charge is 2.29. The Labute approximate surface area is 119 Å². The van der Waals surface area contributed by atoms with Gasteiger partial charge >= 0.3 is 0 Å². The monoisotopic (exact) mass is 278 g/mol. The van der Waals surface area contributed by atoms with Crippen LogP contribution < -0.4 is 5.73 Å². The molecule has 0 bridgehead atoms. The smallest absolute Gasteiger partial charge is 0.274 e. The lowest BCUT2D eigenvalue weighted by molar-refractivity contribution is 0.0245. The average Bonchev–Trinajstić information content (AvgIpc) is 2.41. The number of rotatable bonds is 2. The van der Waals surface area contributed by atoms with Gasteiger partial charge in [-0.05, 0) is 12.3 Å². The van der Waals surface area contributed by atoms with E-state index >= 15 is 0 Å². The molecule has 0 aromatic carbocycles. The maximum absolute atomic E-state index is 12.5. The van der Waals surface area contributed by atoms with E-state index in [4.69, 9.17) is 5.73 Å². The molecule has 1 aromatic rings. The van der Waals surface area contributed by atoms with Crippen LogP contribution in [0.4, 0.5) is 5.69 Å². The summed E-state index contributed by atoms with van der Waals surface area (Å²) in [5.41, 5.74) is 6.35. The lowest BCUT2D eigenvalue weighted by Gasteiger charge is -2.34. The van der Waals surface area contributed by atoms with Crippen molar-refractivity contribution in [1.82, 2.24) is 14.9 Å². The molecule has 2 rings (SSSR count). The maximum Gasteiger partial charge on any atom is 0.274 e. The van der Waals surface area contributed by atoms with E-state index in [0.29, 0.717) is 18.9 Å². The number of carbonyl (C=O) groups is 1. The number of amides is 1. The molecule has 2 atom stereocenters. The average molecular weight is 278 g/mol. The van der Waals surface area contributed by atoms with E-state index < -0.39 is 6.10 Å². The summed E-state index contributed by atoms with van der Waals surface area (Å²) in [4.78, 5) is 22.5. The second kappa shape index (κ2) is 5.75. The molecule has 20 heavy (non-hydrogen) atoms. The summed E-state index contributed by atoms with van der Waals surface area (Å²) in [6.45, 7) is 6.87. The number of anilines is 1. The highest BCUT2D eigenvalue weighted by Crippen LogP contribution is 2.21. The molecule has 1 aromatic heterocycles. The normalized spacial score (nSPS) is 23.1. The van der Waals surface area contributed by atoms with Gasteiger partial charge in [0, 0.05) is 19.0 Å². The van der Waals surface area contributed by atoms with Crippen molar-refractivity contribution in [3.8, 4) is 0 Å². The van der Waals surface area contributed by atoms with Gasteiger partial charge in [0.25, 0.3) is 5.91 Å². The highest BCUT2D eigenvalue weighted by molar-refractivity contribution is 5.97. The standard InChI is InChI=1S/C14H22N4O2/c1-8(2)13-16-6-10(15)12(17-13)14(20)18-5-4-9(3)11(19)7-18/h6,8-9,11,19H,4-5,7,15H2,1-3H3.